The largest absolute Gasteiger partial charge is 0.414 e. The summed E-state index contributed by atoms with van der Waals surface area (Å²) < 4.78 is 37.5. The number of rotatable bonds is 3. The number of likely N-dealkylation sites (tertiary alicyclic amines) is 1. The van der Waals surface area contributed by atoms with Gasteiger partial charge in [-0.15, -0.1) is 0 Å². The zero-order chi connectivity index (χ0) is 18.0. The van der Waals surface area contributed by atoms with E-state index in [0.717, 1.165) is 0 Å². The first-order chi connectivity index (χ1) is 10.3. The van der Waals surface area contributed by atoms with E-state index < -0.39 is 29.7 Å². The summed E-state index contributed by atoms with van der Waals surface area (Å²) >= 11 is 0. The molecule has 1 fully saturated rings. The number of alkyl halides is 3. The molecule has 0 spiro atoms. The fourth-order valence-electron chi connectivity index (χ4n) is 2.45. The normalized spacial score (nSPS) is 20.1. The van der Waals surface area contributed by atoms with Gasteiger partial charge in [-0.05, 0) is 25.7 Å². The second kappa shape index (κ2) is 7.07. The molecule has 8 heteroatoms. The maximum atomic E-state index is 12.5. The van der Waals surface area contributed by atoms with E-state index in [0.29, 0.717) is 0 Å². The summed E-state index contributed by atoms with van der Waals surface area (Å²) in [5, 5.41) is 11.9. The molecular weight excluding hydrogens is 313 g/mol. The standard InChI is InChI=1S/C15H25F3N2O3/c1-9(19-13(23)14(2,3)4)12(22)20-7-5-10(6-8-20)11(21)15(16,17)18/h9-11,21H,5-8H2,1-4H3,(H,19,23). The van der Waals surface area contributed by atoms with E-state index in [1.807, 2.05) is 0 Å². The average Bonchev–Trinajstić information content (AvgIpc) is 2.43. The Hall–Kier alpha value is -1.31. The van der Waals surface area contributed by atoms with Crippen molar-refractivity contribution >= 4 is 11.8 Å². The van der Waals surface area contributed by atoms with Crippen LogP contribution in [-0.2, 0) is 9.59 Å². The summed E-state index contributed by atoms with van der Waals surface area (Å²) in [6.45, 7) is 7.03. The molecule has 0 aliphatic carbocycles. The Morgan fingerprint density at radius 2 is 1.65 bits per heavy atom. The lowest BCUT2D eigenvalue weighted by Crippen LogP contribution is -2.52. The van der Waals surface area contributed by atoms with Crippen LogP contribution in [0.15, 0.2) is 0 Å². The predicted molar refractivity (Wildman–Crippen MR) is 78.4 cm³/mol. The number of carbonyl (C=O) groups is 2. The van der Waals surface area contributed by atoms with Crippen molar-refractivity contribution in [3.63, 3.8) is 0 Å². The maximum Gasteiger partial charge on any atom is 0.414 e. The smallest absolute Gasteiger partial charge is 0.383 e. The van der Waals surface area contributed by atoms with Crippen LogP contribution in [-0.4, -0.2) is 53.2 Å². The summed E-state index contributed by atoms with van der Waals surface area (Å²) in [4.78, 5) is 25.6. The molecule has 23 heavy (non-hydrogen) atoms. The topological polar surface area (TPSA) is 69.6 Å². The molecule has 1 aliphatic heterocycles. The van der Waals surface area contributed by atoms with Crippen molar-refractivity contribution in [2.45, 2.75) is 58.9 Å². The van der Waals surface area contributed by atoms with E-state index in [1.54, 1.807) is 27.7 Å². The number of aliphatic hydroxyl groups is 1. The molecule has 2 amide bonds. The number of nitrogens with zero attached hydrogens (tertiary/aromatic N) is 1. The molecule has 1 heterocycles. The fraction of sp³-hybridized carbons (Fsp3) is 0.867. The highest BCUT2D eigenvalue weighted by molar-refractivity contribution is 5.89. The van der Waals surface area contributed by atoms with Gasteiger partial charge >= 0.3 is 6.18 Å². The zero-order valence-electron chi connectivity index (χ0n) is 13.9. The van der Waals surface area contributed by atoms with Gasteiger partial charge in [-0.3, -0.25) is 9.59 Å². The number of hydrogen-bond donors (Lipinski definition) is 2. The molecule has 1 saturated heterocycles. The van der Waals surface area contributed by atoms with E-state index >= 15 is 0 Å². The van der Waals surface area contributed by atoms with Crippen molar-refractivity contribution in [1.29, 1.82) is 0 Å². The molecule has 5 nitrogen and oxygen atoms in total. The maximum absolute atomic E-state index is 12.5. The fourth-order valence-corrected chi connectivity index (χ4v) is 2.45. The van der Waals surface area contributed by atoms with E-state index in [2.05, 4.69) is 5.32 Å². The first-order valence-electron chi connectivity index (χ1n) is 7.68. The van der Waals surface area contributed by atoms with Crippen LogP contribution in [0.1, 0.15) is 40.5 Å². The minimum atomic E-state index is -4.63. The highest BCUT2D eigenvalue weighted by atomic mass is 19.4. The number of hydrogen-bond acceptors (Lipinski definition) is 3. The van der Waals surface area contributed by atoms with Gasteiger partial charge in [0.15, 0.2) is 6.10 Å². The average molecular weight is 338 g/mol. The summed E-state index contributed by atoms with van der Waals surface area (Å²) in [5.74, 6) is -1.47. The molecule has 0 saturated carbocycles. The van der Waals surface area contributed by atoms with Crippen LogP contribution in [0.3, 0.4) is 0 Å². The Labute approximate surface area is 134 Å². The third-order valence-corrected chi connectivity index (χ3v) is 4.03. The Bertz CT molecular complexity index is 438. The Balaban J connectivity index is 2.54. The first kappa shape index (κ1) is 19.7. The molecule has 134 valence electrons. The molecule has 0 aromatic carbocycles. The van der Waals surface area contributed by atoms with Crippen LogP contribution >= 0.6 is 0 Å². The number of aliphatic hydroxyl groups excluding tert-OH is 1. The lowest BCUT2D eigenvalue weighted by molar-refractivity contribution is -0.223. The van der Waals surface area contributed by atoms with Gasteiger partial charge < -0.3 is 15.3 Å². The molecule has 1 aliphatic rings. The van der Waals surface area contributed by atoms with Crippen LogP contribution in [0.25, 0.3) is 0 Å². The van der Waals surface area contributed by atoms with Crippen molar-refractivity contribution in [2.75, 3.05) is 13.1 Å². The number of carbonyl (C=O) groups excluding carboxylic acids is 2. The van der Waals surface area contributed by atoms with Crippen LogP contribution in [0.5, 0.6) is 0 Å². The van der Waals surface area contributed by atoms with Crippen molar-refractivity contribution in [3.05, 3.63) is 0 Å². The van der Waals surface area contributed by atoms with Crippen LogP contribution in [0.4, 0.5) is 13.2 Å². The molecule has 0 aromatic heterocycles. The number of halogens is 3. The van der Waals surface area contributed by atoms with Crippen molar-refractivity contribution < 1.29 is 27.9 Å². The minimum Gasteiger partial charge on any atom is -0.383 e. The molecule has 2 unspecified atom stereocenters. The Morgan fingerprint density at radius 3 is 2.04 bits per heavy atom. The number of amides is 2. The Morgan fingerprint density at radius 1 is 1.17 bits per heavy atom. The summed E-state index contributed by atoms with van der Waals surface area (Å²) in [5.41, 5.74) is -0.627. The first-order valence-corrected chi connectivity index (χ1v) is 7.68. The van der Waals surface area contributed by atoms with E-state index in [-0.39, 0.29) is 37.7 Å². The second-order valence-electron chi connectivity index (χ2n) is 7.09. The van der Waals surface area contributed by atoms with Gasteiger partial charge in [0.05, 0.1) is 0 Å². The van der Waals surface area contributed by atoms with Crippen molar-refractivity contribution in [1.82, 2.24) is 10.2 Å². The lowest BCUT2D eigenvalue weighted by atomic mass is 9.90. The van der Waals surface area contributed by atoms with Gasteiger partial charge in [-0.25, -0.2) is 0 Å². The monoisotopic (exact) mass is 338 g/mol. The van der Waals surface area contributed by atoms with Gasteiger partial charge in [-0.1, -0.05) is 20.8 Å². The van der Waals surface area contributed by atoms with Gasteiger partial charge in [0.2, 0.25) is 11.8 Å². The lowest BCUT2D eigenvalue weighted by Gasteiger charge is -2.36. The third kappa shape index (κ3) is 5.37. The predicted octanol–water partition coefficient (Wildman–Crippen LogP) is 1.70. The van der Waals surface area contributed by atoms with Crippen molar-refractivity contribution in [2.24, 2.45) is 11.3 Å². The highest BCUT2D eigenvalue weighted by Crippen LogP contribution is 2.31. The van der Waals surface area contributed by atoms with Crippen LogP contribution < -0.4 is 5.32 Å². The van der Waals surface area contributed by atoms with Gasteiger partial charge in [0.25, 0.3) is 0 Å². The molecule has 2 atom stereocenters. The van der Waals surface area contributed by atoms with E-state index in [1.165, 1.54) is 4.90 Å². The van der Waals surface area contributed by atoms with Gasteiger partial charge in [0.1, 0.15) is 6.04 Å². The highest BCUT2D eigenvalue weighted by Gasteiger charge is 2.44. The van der Waals surface area contributed by atoms with Gasteiger partial charge in [-0.2, -0.15) is 13.2 Å². The summed E-state index contributed by atoms with van der Waals surface area (Å²) in [6.07, 6.45) is -6.80. The number of piperidine rings is 1. The summed E-state index contributed by atoms with van der Waals surface area (Å²) in [7, 11) is 0. The Kier molecular flexibility index (Phi) is 6.06. The molecular formula is C15H25F3N2O3. The third-order valence-electron chi connectivity index (χ3n) is 4.03. The SMILES string of the molecule is CC(NC(=O)C(C)(C)C)C(=O)N1CCC(C(O)C(F)(F)F)CC1. The zero-order valence-corrected chi connectivity index (χ0v) is 13.9. The minimum absolute atomic E-state index is 0.0896. The van der Waals surface area contributed by atoms with E-state index in [9.17, 15) is 27.9 Å². The van der Waals surface area contributed by atoms with Crippen molar-refractivity contribution in [3.8, 4) is 0 Å². The summed E-state index contributed by atoms with van der Waals surface area (Å²) in [6, 6.07) is -0.731. The van der Waals surface area contributed by atoms with Crippen LogP contribution in [0.2, 0.25) is 0 Å². The van der Waals surface area contributed by atoms with Crippen LogP contribution in [0, 0.1) is 11.3 Å². The molecule has 0 aromatic rings. The molecule has 0 bridgehead atoms. The van der Waals surface area contributed by atoms with Gasteiger partial charge in [0, 0.05) is 18.5 Å². The quantitative estimate of drug-likeness (QED) is 0.823. The number of nitrogens with one attached hydrogen (secondary N) is 1. The molecule has 2 N–H and O–H groups in total. The van der Waals surface area contributed by atoms with E-state index in [4.69, 9.17) is 0 Å². The molecule has 1 rings (SSSR count). The molecule has 0 radical (unpaired) electrons. The second-order valence-corrected chi connectivity index (χ2v) is 7.09.